The number of primary amides is 1. The minimum atomic E-state index is -1.46. The molecule has 2 rings (SSSR count). The fraction of sp³-hybridized carbons (Fsp3) is 0.250. The second-order valence-electron chi connectivity index (χ2n) is 4.38. The third-order valence-electron chi connectivity index (χ3n) is 2.85. The summed E-state index contributed by atoms with van der Waals surface area (Å²) in [7, 11) is 0. The van der Waals surface area contributed by atoms with Crippen molar-refractivity contribution in [3.63, 3.8) is 0 Å². The minimum Gasteiger partial charge on any atom is -0.478 e. The van der Waals surface area contributed by atoms with E-state index in [0.717, 1.165) is 12.1 Å². The first-order valence-corrected chi connectivity index (χ1v) is 5.92. The van der Waals surface area contributed by atoms with Gasteiger partial charge in [-0.25, -0.2) is 9.18 Å². The predicted octanol–water partition coefficient (Wildman–Crippen LogP) is 0.0368. The highest BCUT2D eigenvalue weighted by Gasteiger charge is 2.32. The van der Waals surface area contributed by atoms with Gasteiger partial charge in [0.2, 0.25) is 5.91 Å². The first-order valence-electron chi connectivity index (χ1n) is 5.92. The molecular formula is C12H12FN3O5. The van der Waals surface area contributed by atoms with Gasteiger partial charge in [0.25, 0.3) is 5.91 Å². The Hall–Kier alpha value is -2.84. The van der Waals surface area contributed by atoms with Crippen LogP contribution in [0.2, 0.25) is 0 Å². The zero-order chi connectivity index (χ0) is 15.6. The van der Waals surface area contributed by atoms with E-state index in [2.05, 4.69) is 5.32 Å². The molecule has 0 saturated carbocycles. The van der Waals surface area contributed by atoms with Crippen molar-refractivity contribution in [3.05, 3.63) is 24.0 Å². The quantitative estimate of drug-likeness (QED) is 0.623. The summed E-state index contributed by atoms with van der Waals surface area (Å²) in [4.78, 5) is 33.6. The number of halogens is 1. The molecular weight excluding hydrogens is 285 g/mol. The number of nitrogens with two attached hydrogens (primary N) is 1. The maximum absolute atomic E-state index is 13.1. The molecule has 9 heteroatoms. The second kappa shape index (κ2) is 5.65. The molecule has 0 spiro atoms. The number of fused-ring (bicyclic) bond motifs is 1. The predicted molar refractivity (Wildman–Crippen MR) is 68.2 cm³/mol. The van der Waals surface area contributed by atoms with Crippen molar-refractivity contribution >= 4 is 23.6 Å². The number of benzene rings is 1. The summed E-state index contributed by atoms with van der Waals surface area (Å²) in [5.41, 5.74) is 5.35. The Morgan fingerprint density at radius 3 is 2.86 bits per heavy atom. The molecule has 3 amide bonds. The molecule has 8 nitrogen and oxygen atoms in total. The number of carbonyl (C=O) groups excluding carboxylic acids is 2. The Kier molecular flexibility index (Phi) is 3.92. The summed E-state index contributed by atoms with van der Waals surface area (Å²) in [6, 6.07) is 2.26. The zero-order valence-corrected chi connectivity index (χ0v) is 10.6. The van der Waals surface area contributed by atoms with Crippen molar-refractivity contribution in [1.82, 2.24) is 5.32 Å². The summed E-state index contributed by atoms with van der Waals surface area (Å²) in [5.74, 6) is -1.98. The standard InChI is InChI=1S/C12H12FN3O5/c13-5-1-2-6-8(3-5)21-9(11(18)15-6)4-7(10(14)17)16-12(19)20/h1-3,7,9,16H,4H2,(H2,14,17)(H,15,18)(H,19,20)/t7-,9-/m0/s1. The van der Waals surface area contributed by atoms with E-state index in [0.29, 0.717) is 5.69 Å². The number of hydrogen-bond acceptors (Lipinski definition) is 4. The van der Waals surface area contributed by atoms with Crippen molar-refractivity contribution < 1.29 is 28.6 Å². The van der Waals surface area contributed by atoms with Gasteiger partial charge in [0.1, 0.15) is 17.6 Å². The van der Waals surface area contributed by atoms with Gasteiger partial charge >= 0.3 is 6.09 Å². The lowest BCUT2D eigenvalue weighted by molar-refractivity contribution is -0.125. The number of amides is 3. The maximum Gasteiger partial charge on any atom is 0.405 e. The summed E-state index contributed by atoms with van der Waals surface area (Å²) < 4.78 is 18.4. The van der Waals surface area contributed by atoms with E-state index >= 15 is 0 Å². The van der Waals surface area contributed by atoms with Crippen molar-refractivity contribution in [2.24, 2.45) is 5.73 Å². The van der Waals surface area contributed by atoms with E-state index < -0.39 is 35.9 Å². The van der Waals surface area contributed by atoms with Crippen molar-refractivity contribution in [2.45, 2.75) is 18.6 Å². The van der Waals surface area contributed by atoms with Crippen LogP contribution in [0.25, 0.3) is 0 Å². The van der Waals surface area contributed by atoms with E-state index in [1.807, 2.05) is 5.32 Å². The van der Waals surface area contributed by atoms with Crippen molar-refractivity contribution in [2.75, 3.05) is 5.32 Å². The Labute approximate surface area is 118 Å². The Morgan fingerprint density at radius 2 is 2.24 bits per heavy atom. The van der Waals surface area contributed by atoms with E-state index in [9.17, 15) is 18.8 Å². The van der Waals surface area contributed by atoms with Gasteiger partial charge in [0.15, 0.2) is 6.10 Å². The monoisotopic (exact) mass is 297 g/mol. The Morgan fingerprint density at radius 1 is 1.52 bits per heavy atom. The average molecular weight is 297 g/mol. The number of hydrogen-bond donors (Lipinski definition) is 4. The molecule has 1 heterocycles. The molecule has 21 heavy (non-hydrogen) atoms. The summed E-state index contributed by atoms with van der Waals surface area (Å²) >= 11 is 0. The lowest BCUT2D eigenvalue weighted by Crippen LogP contribution is -2.49. The van der Waals surface area contributed by atoms with Gasteiger partial charge in [-0.2, -0.15) is 0 Å². The van der Waals surface area contributed by atoms with E-state index in [1.165, 1.54) is 6.07 Å². The van der Waals surface area contributed by atoms with Crippen LogP contribution in [-0.4, -0.2) is 35.2 Å². The molecule has 5 N–H and O–H groups in total. The first-order chi connectivity index (χ1) is 9.86. The third-order valence-corrected chi connectivity index (χ3v) is 2.85. The van der Waals surface area contributed by atoms with E-state index in [-0.39, 0.29) is 12.2 Å². The number of nitrogens with one attached hydrogen (secondary N) is 2. The van der Waals surface area contributed by atoms with E-state index in [1.54, 1.807) is 0 Å². The molecule has 0 unspecified atom stereocenters. The molecule has 0 aromatic heterocycles. The Bertz CT molecular complexity index is 607. The molecule has 1 aromatic carbocycles. The summed E-state index contributed by atoms with van der Waals surface area (Å²) in [5, 5.41) is 13.0. The number of anilines is 1. The smallest absolute Gasteiger partial charge is 0.405 e. The van der Waals surface area contributed by atoms with Crippen LogP contribution >= 0.6 is 0 Å². The molecule has 1 aliphatic rings. The second-order valence-corrected chi connectivity index (χ2v) is 4.38. The van der Waals surface area contributed by atoms with Crippen LogP contribution in [0.3, 0.4) is 0 Å². The average Bonchev–Trinajstić information content (AvgIpc) is 2.38. The Balaban J connectivity index is 2.15. The lowest BCUT2D eigenvalue weighted by Gasteiger charge is -2.27. The van der Waals surface area contributed by atoms with Gasteiger partial charge in [-0.05, 0) is 12.1 Å². The third kappa shape index (κ3) is 3.38. The van der Waals surface area contributed by atoms with Crippen LogP contribution in [0, 0.1) is 5.82 Å². The molecule has 2 atom stereocenters. The maximum atomic E-state index is 13.1. The highest BCUT2D eigenvalue weighted by Crippen LogP contribution is 2.31. The van der Waals surface area contributed by atoms with Crippen LogP contribution in [0.15, 0.2) is 18.2 Å². The van der Waals surface area contributed by atoms with Gasteiger partial charge in [0, 0.05) is 12.5 Å². The number of carboxylic acid groups (broad SMARTS) is 1. The fourth-order valence-electron chi connectivity index (χ4n) is 1.88. The normalized spacial score (nSPS) is 18.0. The number of carbonyl (C=O) groups is 3. The summed E-state index contributed by atoms with van der Waals surface area (Å²) in [6.07, 6.45) is -2.92. The topological polar surface area (TPSA) is 131 Å². The van der Waals surface area contributed by atoms with Crippen LogP contribution < -0.4 is 21.1 Å². The number of rotatable bonds is 4. The lowest BCUT2D eigenvalue weighted by atomic mass is 10.1. The molecule has 1 aliphatic heterocycles. The molecule has 1 aromatic rings. The zero-order valence-electron chi connectivity index (χ0n) is 10.6. The van der Waals surface area contributed by atoms with E-state index in [4.69, 9.17) is 15.6 Å². The highest BCUT2D eigenvalue weighted by molar-refractivity contribution is 5.98. The van der Waals surface area contributed by atoms with Gasteiger partial charge in [-0.1, -0.05) is 0 Å². The molecule has 0 bridgehead atoms. The fourth-order valence-corrected chi connectivity index (χ4v) is 1.88. The largest absolute Gasteiger partial charge is 0.478 e. The highest BCUT2D eigenvalue weighted by atomic mass is 19.1. The first kappa shape index (κ1) is 14.6. The van der Waals surface area contributed by atoms with Crippen LogP contribution in [0.5, 0.6) is 5.75 Å². The minimum absolute atomic E-state index is 0.0955. The number of ether oxygens (including phenoxy) is 1. The van der Waals surface area contributed by atoms with Gasteiger partial charge in [0.05, 0.1) is 5.69 Å². The molecule has 0 aliphatic carbocycles. The molecule has 0 saturated heterocycles. The van der Waals surface area contributed by atoms with Crippen molar-refractivity contribution in [1.29, 1.82) is 0 Å². The molecule has 0 fully saturated rings. The van der Waals surface area contributed by atoms with Crippen LogP contribution in [0.4, 0.5) is 14.9 Å². The van der Waals surface area contributed by atoms with Gasteiger partial charge < -0.3 is 26.2 Å². The molecule has 0 radical (unpaired) electrons. The van der Waals surface area contributed by atoms with Crippen LogP contribution in [-0.2, 0) is 9.59 Å². The molecule has 112 valence electrons. The SMILES string of the molecule is NC(=O)[C@H](C[C@@H]1Oc2cc(F)ccc2NC1=O)NC(=O)O. The van der Waals surface area contributed by atoms with Crippen molar-refractivity contribution in [3.8, 4) is 5.75 Å². The van der Waals surface area contributed by atoms with Gasteiger partial charge in [-0.3, -0.25) is 9.59 Å². The van der Waals surface area contributed by atoms with Gasteiger partial charge in [-0.15, -0.1) is 0 Å². The summed E-state index contributed by atoms with van der Waals surface area (Å²) in [6.45, 7) is 0. The van der Waals surface area contributed by atoms with Crippen LogP contribution in [0.1, 0.15) is 6.42 Å².